The molecule has 0 spiro atoms. The number of benzene rings is 1. The summed E-state index contributed by atoms with van der Waals surface area (Å²) >= 11 is 0.426. The molecular weight excluding hydrogens is 289 g/mol. The van der Waals surface area contributed by atoms with Crippen LogP contribution in [0.2, 0.25) is 4.31 Å². The molecule has 2 bridgehead atoms. The monoisotopic (exact) mass is 310 g/mol. The average Bonchev–Trinajstić information content (AvgIpc) is 2.62. The van der Waals surface area contributed by atoms with Gasteiger partial charge in [-0.3, -0.25) is 0 Å². The molecule has 1 aliphatic carbocycles. The Labute approximate surface area is 115 Å². The summed E-state index contributed by atoms with van der Waals surface area (Å²) in [7, 11) is 0. The molecule has 0 unspecified atom stereocenters. The number of rotatable bonds is 2. The van der Waals surface area contributed by atoms with Gasteiger partial charge < -0.3 is 0 Å². The van der Waals surface area contributed by atoms with Gasteiger partial charge in [-0.05, 0) is 0 Å². The zero-order valence-electron chi connectivity index (χ0n) is 11.0. The van der Waals surface area contributed by atoms with Crippen molar-refractivity contribution in [2.75, 3.05) is 0 Å². The number of fused-ring (bicyclic) bond motifs is 2. The van der Waals surface area contributed by atoms with Crippen LogP contribution in [0.3, 0.4) is 0 Å². The summed E-state index contributed by atoms with van der Waals surface area (Å²) in [6, 6.07) is 11.1. The Morgan fingerprint density at radius 3 is 2.78 bits per heavy atom. The van der Waals surface area contributed by atoms with Gasteiger partial charge in [0.15, 0.2) is 0 Å². The van der Waals surface area contributed by atoms with E-state index in [9.17, 15) is 5.21 Å². The molecule has 0 radical (unpaired) electrons. The van der Waals surface area contributed by atoms with E-state index in [4.69, 9.17) is 0 Å². The molecular formula is C15H20NOSe+. The van der Waals surface area contributed by atoms with E-state index < -0.39 is 0 Å². The van der Waals surface area contributed by atoms with Crippen molar-refractivity contribution in [3.05, 3.63) is 30.3 Å². The predicted octanol–water partition coefficient (Wildman–Crippen LogP) is 2.24. The third kappa shape index (κ3) is 1.90. The molecule has 3 rings (SSSR count). The molecule has 1 aromatic rings. The summed E-state index contributed by atoms with van der Waals surface area (Å²) in [5.41, 5.74) is 1.19. The summed E-state index contributed by atoms with van der Waals surface area (Å²) in [5.74, 6) is 0.625. The van der Waals surface area contributed by atoms with E-state index >= 15 is 0 Å². The van der Waals surface area contributed by atoms with Crippen LogP contribution in [0.25, 0.3) is 0 Å². The van der Waals surface area contributed by atoms with Crippen LogP contribution < -0.4 is 4.46 Å². The van der Waals surface area contributed by atoms with Crippen LogP contribution in [0, 0.1) is 5.92 Å². The van der Waals surface area contributed by atoms with Gasteiger partial charge >= 0.3 is 115 Å². The van der Waals surface area contributed by atoms with Crippen LogP contribution in [0.4, 0.5) is 0 Å². The van der Waals surface area contributed by atoms with E-state index in [0.717, 1.165) is 6.42 Å². The van der Waals surface area contributed by atoms with Crippen LogP contribution in [0.1, 0.15) is 33.1 Å². The summed E-state index contributed by atoms with van der Waals surface area (Å²) < 4.78 is 3.30. The Morgan fingerprint density at radius 2 is 2.06 bits per heavy atom. The quantitative estimate of drug-likeness (QED) is 0.505. The Balaban J connectivity index is 1.87. The van der Waals surface area contributed by atoms with Gasteiger partial charge in [0, 0.05) is 0 Å². The van der Waals surface area contributed by atoms with Crippen LogP contribution in [-0.4, -0.2) is 36.7 Å². The first-order valence-corrected chi connectivity index (χ1v) is 8.37. The zero-order valence-corrected chi connectivity index (χ0v) is 12.7. The van der Waals surface area contributed by atoms with Crippen LogP contribution in [-0.2, 0) is 0 Å². The number of nitrogens with zero attached hydrogens (tertiary/aromatic N) is 1. The molecule has 1 heterocycles. The molecule has 2 nitrogen and oxygen atoms in total. The fraction of sp³-hybridized carbons (Fsp3) is 0.533. The van der Waals surface area contributed by atoms with Crippen molar-refractivity contribution in [2.45, 2.75) is 43.5 Å². The van der Waals surface area contributed by atoms with Gasteiger partial charge in [0.2, 0.25) is 0 Å². The summed E-state index contributed by atoms with van der Waals surface area (Å²) in [5, 5.41) is 10.3. The number of hydroxylamine groups is 1. The Hall–Kier alpha value is -0.791. The molecule has 3 heteroatoms. The van der Waals surface area contributed by atoms with Crippen LogP contribution in [0.15, 0.2) is 30.3 Å². The molecule has 1 N–H and O–H groups in total. The second-order valence-electron chi connectivity index (χ2n) is 5.70. The second-order valence-corrected chi connectivity index (χ2v) is 9.07. The Kier molecular flexibility index (Phi) is 2.99. The first-order valence-electron chi connectivity index (χ1n) is 6.66. The average molecular weight is 309 g/mol. The molecule has 1 aromatic carbocycles. The molecule has 1 aliphatic heterocycles. The first kappa shape index (κ1) is 12.3. The fourth-order valence-corrected chi connectivity index (χ4v) is 6.21. The van der Waals surface area contributed by atoms with Gasteiger partial charge in [-0.15, -0.1) is 0 Å². The molecule has 0 amide bonds. The van der Waals surface area contributed by atoms with Gasteiger partial charge in [-0.25, -0.2) is 0 Å². The van der Waals surface area contributed by atoms with Crippen LogP contribution >= 0.6 is 0 Å². The standard InChI is InChI=1S/C15H20NOSe/c1-11-12-8-9-15(2,14(10-12)16(11)17)18-13-6-4-3-5-7-13/h3-7,12,14,17H,8-10H2,1-2H3/q+1/t12-,14-,15-/m0/s1. The summed E-state index contributed by atoms with van der Waals surface area (Å²) in [4.78, 5) is 0. The Bertz CT molecular complexity index is 485. The molecule has 3 atom stereocenters. The van der Waals surface area contributed by atoms with Crippen LogP contribution in [0.5, 0.6) is 0 Å². The van der Waals surface area contributed by atoms with Gasteiger partial charge in [0.25, 0.3) is 0 Å². The predicted molar refractivity (Wildman–Crippen MR) is 74.1 cm³/mol. The minimum atomic E-state index is 0.261. The maximum atomic E-state index is 10.3. The van der Waals surface area contributed by atoms with E-state index in [1.165, 1.54) is 23.0 Å². The van der Waals surface area contributed by atoms with Gasteiger partial charge in [0.1, 0.15) is 0 Å². The SMILES string of the molecule is CC1=[N+](O)[C@H]2C[C@@H]1CC[C@]2(C)[Se]c1ccccc1. The minimum absolute atomic E-state index is 0.261. The van der Waals surface area contributed by atoms with E-state index in [2.05, 4.69) is 44.2 Å². The molecule has 1 fully saturated rings. The van der Waals surface area contributed by atoms with Crippen molar-refractivity contribution < 1.29 is 9.95 Å². The molecule has 18 heavy (non-hydrogen) atoms. The van der Waals surface area contributed by atoms with Gasteiger partial charge in [-0.2, -0.15) is 0 Å². The summed E-state index contributed by atoms with van der Waals surface area (Å²) in [6.45, 7) is 4.45. The molecule has 96 valence electrons. The normalized spacial score (nSPS) is 35.0. The van der Waals surface area contributed by atoms with E-state index in [1.807, 2.05) is 0 Å². The molecule has 1 saturated carbocycles. The van der Waals surface area contributed by atoms with Crippen molar-refractivity contribution >= 4 is 25.1 Å². The van der Waals surface area contributed by atoms with E-state index in [-0.39, 0.29) is 4.31 Å². The van der Waals surface area contributed by atoms with Crippen molar-refractivity contribution in [3.8, 4) is 0 Å². The molecule has 2 aliphatic rings. The zero-order chi connectivity index (χ0) is 12.8. The summed E-state index contributed by atoms with van der Waals surface area (Å²) in [6.07, 6.45) is 3.63. The van der Waals surface area contributed by atoms with Crippen molar-refractivity contribution in [1.82, 2.24) is 0 Å². The van der Waals surface area contributed by atoms with Gasteiger partial charge in [-0.1, -0.05) is 0 Å². The van der Waals surface area contributed by atoms with E-state index in [0.29, 0.717) is 26.9 Å². The van der Waals surface area contributed by atoms with Crippen molar-refractivity contribution in [3.63, 3.8) is 0 Å². The fourth-order valence-electron chi connectivity index (χ4n) is 3.31. The van der Waals surface area contributed by atoms with E-state index in [1.54, 1.807) is 4.74 Å². The topological polar surface area (TPSA) is 23.2 Å². The third-order valence-corrected chi connectivity index (χ3v) is 7.59. The molecule has 0 aromatic heterocycles. The van der Waals surface area contributed by atoms with Crippen molar-refractivity contribution in [2.24, 2.45) is 5.92 Å². The first-order chi connectivity index (χ1) is 8.60. The number of hydrogen-bond acceptors (Lipinski definition) is 1. The second kappa shape index (κ2) is 4.39. The van der Waals surface area contributed by atoms with Gasteiger partial charge in [0.05, 0.1) is 0 Å². The number of hydrogen-bond donors (Lipinski definition) is 1. The van der Waals surface area contributed by atoms with Crippen molar-refractivity contribution in [1.29, 1.82) is 0 Å². The molecule has 0 saturated heterocycles. The maximum absolute atomic E-state index is 10.3. The third-order valence-electron chi connectivity index (χ3n) is 4.54. The Morgan fingerprint density at radius 1 is 1.33 bits per heavy atom.